The van der Waals surface area contributed by atoms with E-state index in [1.807, 2.05) is 24.3 Å². The van der Waals surface area contributed by atoms with Gasteiger partial charge in [0, 0.05) is 44.4 Å². The number of benzene rings is 3. The number of aryl methyl sites for hydroxylation is 1. The number of hydrogen-bond donors (Lipinski definition) is 4. The molecule has 0 aromatic heterocycles. The molecule has 1 aliphatic heterocycles. The molecule has 0 aliphatic carbocycles. The van der Waals surface area contributed by atoms with Crippen LogP contribution >= 0.6 is 0 Å². The van der Waals surface area contributed by atoms with Gasteiger partial charge in [0.15, 0.2) is 0 Å². The highest BCUT2D eigenvalue weighted by atomic mass is 19.1. The first kappa shape index (κ1) is 29.5. The number of carbonyl (C=O) groups is 1. The number of nitrogens with one attached hydrogen (secondary N) is 3. The molecule has 0 saturated carbocycles. The molecule has 0 bridgehead atoms. The lowest BCUT2D eigenvalue weighted by Gasteiger charge is -2.32. The van der Waals surface area contributed by atoms with Crippen molar-refractivity contribution < 1.29 is 18.7 Å². The van der Waals surface area contributed by atoms with Gasteiger partial charge < -0.3 is 26.0 Å². The summed E-state index contributed by atoms with van der Waals surface area (Å²) in [7, 11) is 0. The maximum Gasteiger partial charge on any atom is 0.251 e. The minimum atomic E-state index is -0.995. The number of unbranched alkanes of at least 4 members (excludes halogenated alkanes) is 1. The number of aliphatic hydroxyl groups excluding tert-OH is 1. The molecule has 40 heavy (non-hydrogen) atoms. The molecule has 3 aromatic carbocycles. The third-order valence-corrected chi connectivity index (χ3v) is 7.32. The Morgan fingerprint density at radius 3 is 2.55 bits per heavy atom. The fourth-order valence-corrected chi connectivity index (χ4v) is 5.10. The average Bonchev–Trinajstić information content (AvgIpc) is 2.95. The van der Waals surface area contributed by atoms with Crippen LogP contribution in [0.3, 0.4) is 0 Å². The molecule has 0 fully saturated rings. The number of anilines is 2. The molecule has 2 atom stereocenters. The van der Waals surface area contributed by atoms with Crippen molar-refractivity contribution in [2.24, 2.45) is 0 Å². The van der Waals surface area contributed by atoms with Crippen LogP contribution in [0.5, 0.6) is 0 Å². The normalized spacial score (nSPS) is 14.3. The van der Waals surface area contributed by atoms with Crippen molar-refractivity contribution >= 4 is 17.3 Å². The van der Waals surface area contributed by atoms with Gasteiger partial charge in [0.1, 0.15) is 11.6 Å². The first-order chi connectivity index (χ1) is 19.4. The molecule has 4 N–H and O–H groups in total. The van der Waals surface area contributed by atoms with Crippen LogP contribution in [0.1, 0.15) is 53.7 Å². The molecule has 214 valence electrons. The van der Waals surface area contributed by atoms with Crippen molar-refractivity contribution in [3.05, 3.63) is 94.6 Å². The number of halogens is 2. The maximum atomic E-state index is 13.9. The number of amides is 1. The predicted octanol–water partition coefficient (Wildman–Crippen LogP) is 5.05. The number of nitrogens with zero attached hydrogens (tertiary/aromatic N) is 1. The molecule has 0 saturated heterocycles. The summed E-state index contributed by atoms with van der Waals surface area (Å²) in [5.41, 5.74) is 5.12. The Labute approximate surface area is 235 Å². The second-order valence-electron chi connectivity index (χ2n) is 10.4. The van der Waals surface area contributed by atoms with Crippen LogP contribution in [-0.4, -0.2) is 49.3 Å². The molecular weight excluding hydrogens is 510 g/mol. The first-order valence-corrected chi connectivity index (χ1v) is 14.2. The lowest BCUT2D eigenvalue weighted by Crippen LogP contribution is -2.48. The zero-order valence-corrected chi connectivity index (χ0v) is 23.4. The molecule has 1 heterocycles. The summed E-state index contributed by atoms with van der Waals surface area (Å²) in [6.07, 6.45) is 2.15. The van der Waals surface area contributed by atoms with Gasteiger partial charge in [-0.2, -0.15) is 0 Å². The van der Waals surface area contributed by atoms with E-state index in [1.54, 1.807) is 6.07 Å². The molecule has 0 spiro atoms. The number of hydrogen-bond acceptors (Lipinski definition) is 5. The Kier molecular flexibility index (Phi) is 10.5. The van der Waals surface area contributed by atoms with E-state index in [1.165, 1.54) is 17.7 Å². The van der Waals surface area contributed by atoms with Crippen molar-refractivity contribution in [2.75, 3.05) is 36.4 Å². The van der Waals surface area contributed by atoms with Crippen molar-refractivity contribution in [3.63, 3.8) is 0 Å². The zero-order valence-electron chi connectivity index (χ0n) is 23.4. The molecule has 0 radical (unpaired) electrons. The number of carbonyl (C=O) groups excluding carboxylic acids is 1. The van der Waals surface area contributed by atoms with Crippen molar-refractivity contribution in [2.45, 2.75) is 58.2 Å². The van der Waals surface area contributed by atoms with Crippen molar-refractivity contribution in [3.8, 4) is 0 Å². The molecule has 6 nitrogen and oxygen atoms in total. The summed E-state index contributed by atoms with van der Waals surface area (Å²) in [5.74, 6) is -1.74. The van der Waals surface area contributed by atoms with Gasteiger partial charge in [0.2, 0.25) is 0 Å². The van der Waals surface area contributed by atoms with E-state index in [9.17, 15) is 18.7 Å². The number of rotatable bonds is 13. The topological polar surface area (TPSA) is 76.6 Å². The fraction of sp³-hybridized carbons (Fsp3) is 0.406. The van der Waals surface area contributed by atoms with Gasteiger partial charge in [-0.25, -0.2) is 8.78 Å². The van der Waals surface area contributed by atoms with E-state index in [4.69, 9.17) is 0 Å². The van der Waals surface area contributed by atoms with Crippen LogP contribution in [-0.2, 0) is 19.4 Å². The van der Waals surface area contributed by atoms with E-state index >= 15 is 0 Å². The molecule has 1 aliphatic rings. The summed E-state index contributed by atoms with van der Waals surface area (Å²) >= 11 is 0. The summed E-state index contributed by atoms with van der Waals surface area (Å²) in [6.45, 7) is 7.60. The van der Waals surface area contributed by atoms with Gasteiger partial charge in [0.05, 0.1) is 23.5 Å². The van der Waals surface area contributed by atoms with E-state index in [0.717, 1.165) is 61.9 Å². The largest absolute Gasteiger partial charge is 0.390 e. The average molecular weight is 551 g/mol. The Morgan fingerprint density at radius 2 is 1.80 bits per heavy atom. The zero-order chi connectivity index (χ0) is 28.5. The van der Waals surface area contributed by atoms with E-state index in [0.29, 0.717) is 17.7 Å². The monoisotopic (exact) mass is 550 g/mol. The predicted molar refractivity (Wildman–Crippen MR) is 157 cm³/mol. The Bertz CT molecular complexity index is 1270. The first-order valence-electron chi connectivity index (χ1n) is 14.2. The van der Waals surface area contributed by atoms with Gasteiger partial charge in [0.25, 0.3) is 5.91 Å². The highest BCUT2D eigenvalue weighted by molar-refractivity contribution is 5.96. The lowest BCUT2D eigenvalue weighted by atomic mass is 9.99. The Hall–Kier alpha value is -3.49. The molecule has 2 unspecified atom stereocenters. The standard InChI is InChI=1S/C32H40F2N4O2/c1-3-5-12-38-13-11-36-28-10-9-25(18-30(28)38)32(40)37-29(17-24-15-26(33)19-27(34)16-24)31(39)21-35-20-23-8-6-7-22(4-2)14-23/h6-10,14-16,18-19,29,31,35-36,39H,3-5,11-13,17,20-21H2,1-2H3,(H,37,40). The number of fused-ring (bicyclic) bond motifs is 1. The molecule has 3 aromatic rings. The molecular formula is C32H40F2N4O2. The van der Waals surface area contributed by atoms with Crippen molar-refractivity contribution in [1.82, 2.24) is 10.6 Å². The smallest absolute Gasteiger partial charge is 0.251 e. The minimum absolute atomic E-state index is 0.0731. The van der Waals surface area contributed by atoms with E-state index in [-0.39, 0.29) is 18.9 Å². The maximum absolute atomic E-state index is 13.9. The summed E-state index contributed by atoms with van der Waals surface area (Å²) in [6, 6.07) is 16.2. The summed E-state index contributed by atoms with van der Waals surface area (Å²) in [4.78, 5) is 15.7. The second kappa shape index (κ2) is 14.2. The molecule has 4 rings (SSSR count). The minimum Gasteiger partial charge on any atom is -0.390 e. The summed E-state index contributed by atoms with van der Waals surface area (Å²) < 4.78 is 27.9. The number of aliphatic hydroxyl groups is 1. The van der Waals surface area contributed by atoms with Crippen LogP contribution in [0, 0.1) is 11.6 Å². The summed E-state index contributed by atoms with van der Waals surface area (Å²) in [5, 5.41) is 20.7. The van der Waals surface area contributed by atoms with Crippen molar-refractivity contribution in [1.29, 1.82) is 0 Å². The molecule has 1 amide bonds. The molecule has 8 heteroatoms. The van der Waals surface area contributed by atoms with Gasteiger partial charge >= 0.3 is 0 Å². The van der Waals surface area contributed by atoms with Crippen LogP contribution in [0.2, 0.25) is 0 Å². The van der Waals surface area contributed by atoms with Gasteiger partial charge in [-0.3, -0.25) is 4.79 Å². The lowest BCUT2D eigenvalue weighted by molar-refractivity contribution is 0.0830. The van der Waals surface area contributed by atoms with Crippen LogP contribution < -0.4 is 20.9 Å². The van der Waals surface area contributed by atoms with Crippen LogP contribution in [0.15, 0.2) is 60.7 Å². The van der Waals surface area contributed by atoms with E-state index < -0.39 is 23.8 Å². The quantitative estimate of drug-likeness (QED) is 0.240. The van der Waals surface area contributed by atoms with Crippen LogP contribution in [0.25, 0.3) is 0 Å². The third-order valence-electron chi connectivity index (χ3n) is 7.32. The highest BCUT2D eigenvalue weighted by Gasteiger charge is 2.24. The van der Waals surface area contributed by atoms with E-state index in [2.05, 4.69) is 46.8 Å². The SMILES string of the molecule is CCCCN1CCNc2ccc(C(=O)NC(Cc3cc(F)cc(F)c3)C(O)CNCc3cccc(CC)c3)cc21. The second-order valence-corrected chi connectivity index (χ2v) is 10.4. The van der Waals surface area contributed by atoms with Gasteiger partial charge in [-0.15, -0.1) is 0 Å². The Balaban J connectivity index is 1.49. The van der Waals surface area contributed by atoms with Gasteiger partial charge in [-0.05, 0) is 66.3 Å². The third kappa shape index (κ3) is 8.02. The van der Waals surface area contributed by atoms with Gasteiger partial charge in [-0.1, -0.05) is 44.5 Å². The fourth-order valence-electron chi connectivity index (χ4n) is 5.10. The highest BCUT2D eigenvalue weighted by Crippen LogP contribution is 2.30. The van der Waals surface area contributed by atoms with Crippen LogP contribution in [0.4, 0.5) is 20.2 Å². The Morgan fingerprint density at radius 1 is 1.02 bits per heavy atom.